The van der Waals surface area contributed by atoms with E-state index in [1.54, 1.807) is 17.0 Å². The van der Waals surface area contributed by atoms with Gasteiger partial charge in [0.25, 0.3) is 0 Å². The molecule has 5 N–H and O–H groups in total. The molecule has 2 aliphatic rings. The van der Waals surface area contributed by atoms with Crippen molar-refractivity contribution in [2.75, 3.05) is 33.3 Å². The van der Waals surface area contributed by atoms with Crippen molar-refractivity contribution in [2.24, 2.45) is 11.8 Å². The maximum absolute atomic E-state index is 15.1. The molecule has 1 aromatic carbocycles. The van der Waals surface area contributed by atoms with Gasteiger partial charge in [-0.2, -0.15) is 0 Å². The number of nitrogens with one attached hydrogen (secondary N) is 2. The van der Waals surface area contributed by atoms with E-state index >= 15 is 4.39 Å². The molecule has 2 amide bonds. The summed E-state index contributed by atoms with van der Waals surface area (Å²) in [5.41, 5.74) is -1.92. The molecule has 0 unspecified atom stereocenters. The molecule has 0 spiro atoms. The van der Waals surface area contributed by atoms with Gasteiger partial charge in [-0.25, -0.2) is 9.18 Å². The van der Waals surface area contributed by atoms with Crippen LogP contribution in [0.15, 0.2) is 18.2 Å². The number of urea groups is 1. The Morgan fingerprint density at radius 1 is 1.30 bits per heavy atom. The van der Waals surface area contributed by atoms with E-state index in [4.69, 9.17) is 11.6 Å². The number of benzene rings is 1. The van der Waals surface area contributed by atoms with Gasteiger partial charge >= 0.3 is 6.03 Å². The van der Waals surface area contributed by atoms with Crippen molar-refractivity contribution >= 4 is 17.6 Å². The molecular formula is C28H45ClFN3O4. The summed E-state index contributed by atoms with van der Waals surface area (Å²) >= 11 is 6.06. The lowest BCUT2D eigenvalue weighted by atomic mass is 9.74. The van der Waals surface area contributed by atoms with Gasteiger partial charge in [-0.3, -0.25) is 0 Å². The van der Waals surface area contributed by atoms with Crippen molar-refractivity contribution in [3.05, 3.63) is 34.6 Å². The first-order valence-corrected chi connectivity index (χ1v) is 14.2. The zero-order chi connectivity index (χ0) is 27.1. The van der Waals surface area contributed by atoms with Gasteiger partial charge < -0.3 is 30.9 Å². The van der Waals surface area contributed by atoms with Crippen LogP contribution in [0.2, 0.25) is 5.02 Å². The summed E-state index contributed by atoms with van der Waals surface area (Å²) in [6.45, 7) is 3.42. The first kappa shape index (κ1) is 30.1. The number of hydrogen-bond acceptors (Lipinski definition) is 5. The van der Waals surface area contributed by atoms with Crippen LogP contribution in [0.25, 0.3) is 0 Å². The highest BCUT2D eigenvalue weighted by atomic mass is 35.5. The van der Waals surface area contributed by atoms with Crippen LogP contribution in [0.5, 0.6) is 0 Å². The topological polar surface area (TPSA) is 105 Å². The molecule has 210 valence electrons. The van der Waals surface area contributed by atoms with E-state index in [0.717, 1.165) is 32.1 Å². The van der Waals surface area contributed by atoms with Gasteiger partial charge in [-0.1, -0.05) is 23.7 Å². The van der Waals surface area contributed by atoms with E-state index in [1.165, 1.54) is 6.07 Å². The molecule has 1 saturated heterocycles. The standard InChI is InChI=1S/C28H45ClFN3O4/c1-27(36)13-10-20(11-14-27)17-22(18-31-2)32-26(35)33-15-6-7-21(19-33)28(37,12-3-4-16-34)23-8-5-9-24(29)25(23)30/h5,8-9,20-22,31,34,36-37H,3-4,6-7,10-19H2,1-2H3,(H,32,35)/t20?,21-,22+,27?,28+/m1/s1. The number of carbonyl (C=O) groups is 1. The average Bonchev–Trinajstić information content (AvgIpc) is 2.87. The van der Waals surface area contributed by atoms with E-state index in [0.29, 0.717) is 51.2 Å². The number of likely N-dealkylation sites (N-methyl/N-ethyl adjacent to an activating group) is 1. The first-order chi connectivity index (χ1) is 17.6. The molecule has 1 saturated carbocycles. The van der Waals surface area contributed by atoms with Crippen LogP contribution in [-0.4, -0.2) is 71.2 Å². The van der Waals surface area contributed by atoms with Crippen molar-refractivity contribution in [2.45, 2.75) is 88.4 Å². The summed E-state index contributed by atoms with van der Waals surface area (Å²) in [5, 5.41) is 37.8. The third-order valence-electron chi connectivity index (χ3n) is 8.35. The Labute approximate surface area is 225 Å². The molecule has 1 heterocycles. The normalized spacial score (nSPS) is 26.9. The van der Waals surface area contributed by atoms with Gasteiger partial charge in [-0.15, -0.1) is 0 Å². The van der Waals surface area contributed by atoms with Gasteiger partial charge in [-0.05, 0) is 90.2 Å². The van der Waals surface area contributed by atoms with Gasteiger partial charge in [0.2, 0.25) is 0 Å². The molecule has 3 atom stereocenters. The number of halogens is 2. The summed E-state index contributed by atoms with van der Waals surface area (Å²) in [6.07, 6.45) is 6.97. The number of aliphatic hydroxyl groups is 3. The van der Waals surface area contributed by atoms with Crippen LogP contribution >= 0.6 is 11.6 Å². The number of unbranched alkanes of at least 4 members (excludes halogenated alkanes) is 1. The Morgan fingerprint density at radius 2 is 2.03 bits per heavy atom. The second-order valence-corrected chi connectivity index (χ2v) is 11.8. The Balaban J connectivity index is 1.70. The molecule has 2 fully saturated rings. The fourth-order valence-electron chi connectivity index (χ4n) is 6.10. The van der Waals surface area contributed by atoms with Gasteiger partial charge in [0.05, 0.1) is 16.2 Å². The molecule has 1 aliphatic carbocycles. The molecule has 1 aromatic rings. The minimum atomic E-state index is -1.49. The molecule has 0 aromatic heterocycles. The summed E-state index contributed by atoms with van der Waals surface area (Å²) < 4.78 is 15.1. The van der Waals surface area contributed by atoms with Crippen molar-refractivity contribution in [3.63, 3.8) is 0 Å². The quantitative estimate of drug-likeness (QED) is 0.270. The zero-order valence-corrected chi connectivity index (χ0v) is 23.1. The number of aliphatic hydroxyl groups excluding tert-OH is 1. The highest BCUT2D eigenvalue weighted by Gasteiger charge is 2.43. The number of amides is 2. The van der Waals surface area contributed by atoms with E-state index in [2.05, 4.69) is 10.6 Å². The van der Waals surface area contributed by atoms with Crippen LogP contribution in [0.3, 0.4) is 0 Å². The Bertz CT molecular complexity index is 879. The summed E-state index contributed by atoms with van der Waals surface area (Å²) in [4.78, 5) is 15.1. The van der Waals surface area contributed by atoms with Gasteiger partial charge in [0, 0.05) is 43.8 Å². The zero-order valence-electron chi connectivity index (χ0n) is 22.3. The number of rotatable bonds is 11. The third kappa shape index (κ3) is 8.02. The SMILES string of the molecule is CNC[C@H](CC1CCC(C)(O)CC1)NC(=O)N1CCC[C@@H]([C@@](O)(CCCCO)c2cccc(Cl)c2F)C1. The largest absolute Gasteiger partial charge is 0.396 e. The highest BCUT2D eigenvalue weighted by molar-refractivity contribution is 6.30. The van der Waals surface area contributed by atoms with Gasteiger partial charge in [0.15, 0.2) is 0 Å². The maximum atomic E-state index is 15.1. The molecule has 3 rings (SSSR count). The van der Waals surface area contributed by atoms with Crippen LogP contribution in [0.1, 0.15) is 76.7 Å². The monoisotopic (exact) mass is 541 g/mol. The molecule has 37 heavy (non-hydrogen) atoms. The van der Waals surface area contributed by atoms with Gasteiger partial charge in [0.1, 0.15) is 5.82 Å². The van der Waals surface area contributed by atoms with Crippen molar-refractivity contribution in [1.29, 1.82) is 0 Å². The number of piperidine rings is 1. The summed E-state index contributed by atoms with van der Waals surface area (Å²) in [7, 11) is 1.87. The summed E-state index contributed by atoms with van der Waals surface area (Å²) in [5.74, 6) is -0.532. The minimum absolute atomic E-state index is 0.00129. The van der Waals surface area contributed by atoms with E-state index in [1.807, 2.05) is 14.0 Å². The molecule has 0 bridgehead atoms. The number of nitrogens with zero attached hydrogens (tertiary/aromatic N) is 1. The fraction of sp³-hybridized carbons (Fsp3) is 0.750. The lowest BCUT2D eigenvalue weighted by molar-refractivity contribution is -0.0586. The predicted octanol–water partition coefficient (Wildman–Crippen LogP) is 4.17. The van der Waals surface area contributed by atoms with Crippen molar-refractivity contribution in [1.82, 2.24) is 15.5 Å². The number of likely N-dealkylation sites (tertiary alicyclic amines) is 1. The second kappa shape index (κ2) is 13.6. The third-order valence-corrected chi connectivity index (χ3v) is 8.64. The van der Waals surface area contributed by atoms with Crippen LogP contribution in [0.4, 0.5) is 9.18 Å². The van der Waals surface area contributed by atoms with E-state index in [9.17, 15) is 20.1 Å². The second-order valence-electron chi connectivity index (χ2n) is 11.4. The van der Waals surface area contributed by atoms with Crippen LogP contribution in [0, 0.1) is 17.7 Å². The molecule has 7 nitrogen and oxygen atoms in total. The average molecular weight is 542 g/mol. The number of carbonyl (C=O) groups excluding carboxylic acids is 1. The predicted molar refractivity (Wildman–Crippen MR) is 144 cm³/mol. The van der Waals surface area contributed by atoms with Crippen molar-refractivity contribution < 1.29 is 24.5 Å². The maximum Gasteiger partial charge on any atom is 0.317 e. The molecule has 9 heteroatoms. The first-order valence-electron chi connectivity index (χ1n) is 13.8. The molecular weight excluding hydrogens is 497 g/mol. The lowest BCUT2D eigenvalue weighted by Gasteiger charge is -2.43. The Hall–Kier alpha value is -1.45. The highest BCUT2D eigenvalue weighted by Crippen LogP contribution is 2.42. The summed E-state index contributed by atoms with van der Waals surface area (Å²) in [6, 6.07) is 4.46. The van der Waals surface area contributed by atoms with Crippen LogP contribution < -0.4 is 10.6 Å². The smallest absolute Gasteiger partial charge is 0.317 e. The van der Waals surface area contributed by atoms with E-state index < -0.39 is 17.0 Å². The number of hydrogen-bond donors (Lipinski definition) is 5. The lowest BCUT2D eigenvalue weighted by Crippen LogP contribution is -2.54. The molecule has 0 radical (unpaired) electrons. The van der Waals surface area contributed by atoms with Crippen molar-refractivity contribution in [3.8, 4) is 0 Å². The Kier molecular flexibility index (Phi) is 11.0. The van der Waals surface area contributed by atoms with E-state index in [-0.39, 0.29) is 41.6 Å². The molecule has 1 aliphatic heterocycles. The Morgan fingerprint density at radius 3 is 2.70 bits per heavy atom. The van der Waals surface area contributed by atoms with Crippen LogP contribution in [-0.2, 0) is 5.60 Å². The minimum Gasteiger partial charge on any atom is -0.396 e. The fourth-order valence-corrected chi connectivity index (χ4v) is 6.27.